The summed E-state index contributed by atoms with van der Waals surface area (Å²) in [6.45, 7) is 1.70. The number of benzene rings is 1. The second-order valence-corrected chi connectivity index (χ2v) is 4.33. The maximum absolute atomic E-state index is 13.1. The van der Waals surface area contributed by atoms with Crippen LogP contribution in [0.15, 0.2) is 18.2 Å². The highest BCUT2D eigenvalue weighted by Gasteiger charge is 2.24. The molecular weight excluding hydrogens is 240 g/mol. The predicted molar refractivity (Wildman–Crippen MR) is 63.5 cm³/mol. The van der Waals surface area contributed by atoms with Crippen LogP contribution in [0.25, 0.3) is 0 Å². The number of rotatable bonds is 4. The van der Waals surface area contributed by atoms with E-state index in [2.05, 4.69) is 5.32 Å². The maximum Gasteiger partial charge on any atom is 0.159 e. The van der Waals surface area contributed by atoms with Gasteiger partial charge in [0.1, 0.15) is 0 Å². The minimum absolute atomic E-state index is 0.0233. The largest absolute Gasteiger partial charge is 0.376 e. The van der Waals surface area contributed by atoms with Crippen molar-refractivity contribution in [2.24, 2.45) is 0 Å². The monoisotopic (exact) mass is 257 g/mol. The molecule has 1 fully saturated rings. The van der Waals surface area contributed by atoms with Gasteiger partial charge in [0.15, 0.2) is 11.6 Å². The Bertz CT molecular complexity index is 395. The summed E-state index contributed by atoms with van der Waals surface area (Å²) >= 11 is 0. The second kappa shape index (κ2) is 6.22. The first-order valence-electron chi connectivity index (χ1n) is 6.01. The number of nitrogens with one attached hydrogen (secondary N) is 1. The van der Waals surface area contributed by atoms with Crippen molar-refractivity contribution in [1.82, 2.24) is 5.32 Å². The van der Waals surface area contributed by atoms with Gasteiger partial charge in [-0.2, -0.15) is 0 Å². The highest BCUT2D eigenvalue weighted by molar-refractivity contribution is 5.19. The minimum atomic E-state index is -0.822. The van der Waals surface area contributed by atoms with E-state index in [9.17, 15) is 8.78 Å². The quantitative estimate of drug-likeness (QED) is 0.887. The average molecular weight is 257 g/mol. The Morgan fingerprint density at radius 3 is 2.78 bits per heavy atom. The fourth-order valence-electron chi connectivity index (χ4n) is 2.08. The third kappa shape index (κ3) is 3.25. The SMILES string of the molecule is CNC(Cc1ccc(F)c(F)c1)C1COCCO1. The molecule has 2 atom stereocenters. The molecule has 0 bridgehead atoms. The van der Waals surface area contributed by atoms with E-state index in [0.717, 1.165) is 11.6 Å². The molecule has 1 aromatic rings. The van der Waals surface area contributed by atoms with Crippen LogP contribution in [0, 0.1) is 11.6 Å². The molecule has 2 rings (SSSR count). The van der Waals surface area contributed by atoms with E-state index >= 15 is 0 Å². The van der Waals surface area contributed by atoms with Gasteiger partial charge in [0, 0.05) is 6.04 Å². The van der Waals surface area contributed by atoms with E-state index in [0.29, 0.717) is 26.2 Å². The number of ether oxygens (including phenoxy) is 2. The van der Waals surface area contributed by atoms with Crippen molar-refractivity contribution in [2.45, 2.75) is 18.6 Å². The van der Waals surface area contributed by atoms with E-state index in [1.54, 1.807) is 6.07 Å². The summed E-state index contributed by atoms with van der Waals surface area (Å²) < 4.78 is 36.9. The Kier molecular flexibility index (Phi) is 4.63. The molecule has 1 heterocycles. The van der Waals surface area contributed by atoms with E-state index in [-0.39, 0.29) is 12.1 Å². The zero-order valence-corrected chi connectivity index (χ0v) is 10.3. The first kappa shape index (κ1) is 13.4. The molecule has 2 unspecified atom stereocenters. The Hall–Kier alpha value is -1.04. The Labute approximate surface area is 105 Å². The summed E-state index contributed by atoms with van der Waals surface area (Å²) in [6.07, 6.45) is 0.513. The maximum atomic E-state index is 13.1. The lowest BCUT2D eigenvalue weighted by molar-refractivity contribution is -0.100. The Morgan fingerprint density at radius 2 is 2.17 bits per heavy atom. The molecule has 1 aromatic carbocycles. The smallest absolute Gasteiger partial charge is 0.159 e. The summed E-state index contributed by atoms with van der Waals surface area (Å²) in [5, 5.41) is 3.13. The van der Waals surface area contributed by atoms with E-state index < -0.39 is 11.6 Å². The van der Waals surface area contributed by atoms with Gasteiger partial charge < -0.3 is 14.8 Å². The standard InChI is InChI=1S/C13H17F2NO2/c1-16-12(13-8-17-4-5-18-13)7-9-2-3-10(14)11(15)6-9/h2-3,6,12-13,16H,4-5,7-8H2,1H3. The lowest BCUT2D eigenvalue weighted by Crippen LogP contribution is -2.46. The zero-order chi connectivity index (χ0) is 13.0. The summed E-state index contributed by atoms with van der Waals surface area (Å²) in [4.78, 5) is 0. The molecule has 1 saturated heterocycles. The second-order valence-electron chi connectivity index (χ2n) is 4.33. The molecule has 5 heteroatoms. The van der Waals surface area contributed by atoms with Gasteiger partial charge in [-0.15, -0.1) is 0 Å². The topological polar surface area (TPSA) is 30.5 Å². The van der Waals surface area contributed by atoms with Crippen LogP contribution in [0.5, 0.6) is 0 Å². The molecule has 18 heavy (non-hydrogen) atoms. The fraction of sp³-hybridized carbons (Fsp3) is 0.538. The van der Waals surface area contributed by atoms with E-state index in [4.69, 9.17) is 9.47 Å². The van der Waals surface area contributed by atoms with Gasteiger partial charge in [-0.25, -0.2) is 8.78 Å². The van der Waals surface area contributed by atoms with Crippen molar-refractivity contribution in [1.29, 1.82) is 0 Å². The van der Waals surface area contributed by atoms with Crippen LogP contribution in [0.1, 0.15) is 5.56 Å². The molecular formula is C13H17F2NO2. The molecule has 3 nitrogen and oxygen atoms in total. The fourth-order valence-corrected chi connectivity index (χ4v) is 2.08. The van der Waals surface area contributed by atoms with Crippen molar-refractivity contribution >= 4 is 0 Å². The van der Waals surface area contributed by atoms with Gasteiger partial charge in [-0.3, -0.25) is 0 Å². The average Bonchev–Trinajstić information content (AvgIpc) is 2.41. The zero-order valence-electron chi connectivity index (χ0n) is 10.3. The lowest BCUT2D eigenvalue weighted by Gasteiger charge is -2.30. The molecule has 0 amide bonds. The summed E-state index contributed by atoms with van der Waals surface area (Å²) in [5.74, 6) is -1.64. The Morgan fingerprint density at radius 1 is 1.33 bits per heavy atom. The van der Waals surface area contributed by atoms with Gasteiger partial charge in [0.25, 0.3) is 0 Å². The van der Waals surface area contributed by atoms with Crippen LogP contribution < -0.4 is 5.32 Å². The van der Waals surface area contributed by atoms with Crippen LogP contribution in [-0.4, -0.2) is 39.0 Å². The van der Waals surface area contributed by atoms with Crippen molar-refractivity contribution < 1.29 is 18.3 Å². The molecule has 0 aromatic heterocycles. The predicted octanol–water partition coefficient (Wildman–Crippen LogP) is 1.51. The van der Waals surface area contributed by atoms with Gasteiger partial charge in [-0.05, 0) is 31.2 Å². The van der Waals surface area contributed by atoms with Crippen LogP contribution in [0.4, 0.5) is 8.78 Å². The van der Waals surface area contributed by atoms with Crippen molar-refractivity contribution in [3.8, 4) is 0 Å². The molecule has 0 spiro atoms. The molecule has 1 aliphatic rings. The van der Waals surface area contributed by atoms with E-state index in [1.807, 2.05) is 7.05 Å². The van der Waals surface area contributed by atoms with Gasteiger partial charge in [0.2, 0.25) is 0 Å². The van der Waals surface area contributed by atoms with Crippen LogP contribution >= 0.6 is 0 Å². The molecule has 1 aliphatic heterocycles. The van der Waals surface area contributed by atoms with Crippen molar-refractivity contribution in [2.75, 3.05) is 26.9 Å². The van der Waals surface area contributed by atoms with Gasteiger partial charge >= 0.3 is 0 Å². The van der Waals surface area contributed by atoms with Gasteiger partial charge in [-0.1, -0.05) is 6.07 Å². The highest BCUT2D eigenvalue weighted by Crippen LogP contribution is 2.14. The molecule has 0 saturated carbocycles. The molecule has 0 aliphatic carbocycles. The normalized spacial score (nSPS) is 21.8. The molecule has 0 radical (unpaired) electrons. The highest BCUT2D eigenvalue weighted by atomic mass is 19.2. The summed E-state index contributed by atoms with van der Waals surface area (Å²) in [7, 11) is 1.82. The van der Waals surface area contributed by atoms with Crippen LogP contribution in [0.3, 0.4) is 0 Å². The number of likely N-dealkylation sites (N-methyl/N-ethyl adjacent to an activating group) is 1. The van der Waals surface area contributed by atoms with E-state index in [1.165, 1.54) is 6.07 Å². The third-order valence-corrected chi connectivity index (χ3v) is 3.10. The van der Waals surface area contributed by atoms with Crippen LogP contribution in [-0.2, 0) is 15.9 Å². The van der Waals surface area contributed by atoms with Gasteiger partial charge in [0.05, 0.1) is 25.9 Å². The first-order valence-corrected chi connectivity index (χ1v) is 6.01. The van der Waals surface area contributed by atoms with Crippen molar-refractivity contribution in [3.05, 3.63) is 35.4 Å². The molecule has 1 N–H and O–H groups in total. The molecule has 100 valence electrons. The summed E-state index contributed by atoms with van der Waals surface area (Å²) in [5.41, 5.74) is 0.738. The number of hydrogen-bond donors (Lipinski definition) is 1. The first-order chi connectivity index (χ1) is 8.70. The number of hydrogen-bond acceptors (Lipinski definition) is 3. The Balaban J connectivity index is 2.02. The minimum Gasteiger partial charge on any atom is -0.376 e. The summed E-state index contributed by atoms with van der Waals surface area (Å²) in [6, 6.07) is 3.99. The van der Waals surface area contributed by atoms with Crippen molar-refractivity contribution in [3.63, 3.8) is 0 Å². The third-order valence-electron chi connectivity index (χ3n) is 3.10. The lowest BCUT2D eigenvalue weighted by atomic mass is 10.0. The number of halogens is 2. The van der Waals surface area contributed by atoms with Crippen LogP contribution in [0.2, 0.25) is 0 Å².